The molecule has 0 spiro atoms. The van der Waals surface area contributed by atoms with Gasteiger partial charge in [-0.05, 0) is 48.7 Å². The van der Waals surface area contributed by atoms with Crippen LogP contribution in [0, 0.1) is 6.92 Å². The van der Waals surface area contributed by atoms with Crippen molar-refractivity contribution in [3.63, 3.8) is 0 Å². The second-order valence-electron chi connectivity index (χ2n) is 7.47. The zero-order valence-corrected chi connectivity index (χ0v) is 17.7. The van der Waals surface area contributed by atoms with Crippen LogP contribution < -0.4 is 16.2 Å². The Morgan fingerprint density at radius 3 is 2.70 bits per heavy atom. The molecule has 3 aromatic rings. The van der Waals surface area contributed by atoms with Crippen LogP contribution in [0.3, 0.4) is 0 Å². The van der Waals surface area contributed by atoms with Crippen molar-refractivity contribution in [3.05, 3.63) is 69.1 Å². The molecule has 1 heterocycles. The molecule has 0 aliphatic carbocycles. The molecule has 0 bridgehead atoms. The maximum Gasteiger partial charge on any atom is 0.416 e. The maximum absolute atomic E-state index is 13.0. The van der Waals surface area contributed by atoms with Gasteiger partial charge in [-0.2, -0.15) is 13.2 Å². The van der Waals surface area contributed by atoms with Gasteiger partial charge in [-0.25, -0.2) is 4.98 Å². The first kappa shape index (κ1) is 24.2. The van der Waals surface area contributed by atoms with Gasteiger partial charge in [-0.3, -0.25) is 9.59 Å². The molecule has 176 valence electrons. The van der Waals surface area contributed by atoms with Gasteiger partial charge >= 0.3 is 6.18 Å². The molecule has 8 nitrogen and oxygen atoms in total. The van der Waals surface area contributed by atoms with Gasteiger partial charge in [0.25, 0.3) is 11.5 Å². The first-order chi connectivity index (χ1) is 15.6. The van der Waals surface area contributed by atoms with E-state index >= 15 is 0 Å². The van der Waals surface area contributed by atoms with E-state index in [0.717, 1.165) is 12.1 Å². The third kappa shape index (κ3) is 6.08. The van der Waals surface area contributed by atoms with Crippen molar-refractivity contribution in [2.24, 2.45) is 0 Å². The number of halogens is 3. The maximum atomic E-state index is 13.0. The minimum absolute atomic E-state index is 0.109. The van der Waals surface area contributed by atoms with E-state index in [1.807, 2.05) is 0 Å². The third-order valence-corrected chi connectivity index (χ3v) is 4.97. The van der Waals surface area contributed by atoms with E-state index in [2.05, 4.69) is 20.6 Å². The monoisotopic (exact) mass is 464 g/mol. The van der Waals surface area contributed by atoms with Crippen LogP contribution in [0.2, 0.25) is 0 Å². The summed E-state index contributed by atoms with van der Waals surface area (Å²) in [5, 5.41) is 23.8. The SMILES string of the molecule is Cc1nc2c(CCNC(=O)C(O)CO)cc(NCc3cccc(C(F)(F)F)c3)cc2[nH]c1=O. The number of nitrogens with zero attached hydrogens (tertiary/aromatic N) is 1. The Kier molecular flexibility index (Phi) is 7.34. The van der Waals surface area contributed by atoms with Crippen LogP contribution in [-0.4, -0.2) is 45.3 Å². The Morgan fingerprint density at radius 1 is 1.24 bits per heavy atom. The van der Waals surface area contributed by atoms with Crippen LogP contribution >= 0.6 is 0 Å². The number of hydrogen-bond acceptors (Lipinski definition) is 6. The van der Waals surface area contributed by atoms with Crippen molar-refractivity contribution in [2.45, 2.75) is 32.2 Å². The second-order valence-corrected chi connectivity index (χ2v) is 7.47. The van der Waals surface area contributed by atoms with Crippen LogP contribution in [0.25, 0.3) is 11.0 Å². The predicted octanol–water partition coefficient (Wildman–Crippen LogP) is 1.87. The summed E-state index contributed by atoms with van der Waals surface area (Å²) in [7, 11) is 0. The third-order valence-electron chi connectivity index (χ3n) is 4.97. The van der Waals surface area contributed by atoms with Crippen molar-refractivity contribution in [1.29, 1.82) is 0 Å². The summed E-state index contributed by atoms with van der Waals surface area (Å²) >= 11 is 0. The highest BCUT2D eigenvalue weighted by molar-refractivity contribution is 5.83. The van der Waals surface area contributed by atoms with Crippen LogP contribution in [0.5, 0.6) is 0 Å². The Morgan fingerprint density at radius 2 is 2.00 bits per heavy atom. The number of nitrogens with one attached hydrogen (secondary N) is 3. The standard InChI is InChI=1S/C22H23F3N4O4/c1-12-20(32)29-17-9-16(27-10-13-3-2-4-15(7-13)22(23,24)25)8-14(19(17)28-12)5-6-26-21(33)18(31)11-30/h2-4,7-9,18,27,30-31H,5-6,10-11H2,1H3,(H,26,33)(H,29,32). The fourth-order valence-electron chi connectivity index (χ4n) is 3.23. The lowest BCUT2D eigenvalue weighted by Gasteiger charge is -2.14. The Hall–Kier alpha value is -3.44. The predicted molar refractivity (Wildman–Crippen MR) is 116 cm³/mol. The van der Waals surface area contributed by atoms with E-state index in [1.165, 1.54) is 6.07 Å². The number of hydrogen-bond donors (Lipinski definition) is 5. The van der Waals surface area contributed by atoms with E-state index < -0.39 is 30.4 Å². The van der Waals surface area contributed by atoms with E-state index in [4.69, 9.17) is 5.11 Å². The highest BCUT2D eigenvalue weighted by Crippen LogP contribution is 2.30. The van der Waals surface area contributed by atoms with Gasteiger partial charge in [0.05, 0.1) is 23.2 Å². The first-order valence-corrected chi connectivity index (χ1v) is 10.1. The minimum atomic E-state index is -4.44. The Bertz CT molecular complexity index is 1210. The molecule has 0 saturated heterocycles. The molecule has 0 saturated carbocycles. The smallest absolute Gasteiger partial charge is 0.393 e. The Labute approximate surface area is 186 Å². The zero-order chi connectivity index (χ0) is 24.2. The van der Waals surface area contributed by atoms with Gasteiger partial charge in [0.15, 0.2) is 6.10 Å². The Balaban J connectivity index is 1.84. The van der Waals surface area contributed by atoms with Crippen molar-refractivity contribution in [3.8, 4) is 0 Å². The van der Waals surface area contributed by atoms with E-state index in [-0.39, 0.29) is 30.8 Å². The number of rotatable bonds is 8. The zero-order valence-electron chi connectivity index (χ0n) is 17.7. The first-order valence-electron chi connectivity index (χ1n) is 10.1. The topological polar surface area (TPSA) is 127 Å². The van der Waals surface area contributed by atoms with Gasteiger partial charge in [0.2, 0.25) is 0 Å². The van der Waals surface area contributed by atoms with E-state index in [0.29, 0.717) is 27.8 Å². The number of aliphatic hydroxyl groups is 2. The van der Waals surface area contributed by atoms with Gasteiger partial charge in [0.1, 0.15) is 5.69 Å². The molecule has 1 unspecified atom stereocenters. The van der Waals surface area contributed by atoms with Crippen molar-refractivity contribution in [1.82, 2.24) is 15.3 Å². The van der Waals surface area contributed by atoms with Crippen LogP contribution in [-0.2, 0) is 23.9 Å². The van der Waals surface area contributed by atoms with Gasteiger partial charge in [0, 0.05) is 18.8 Å². The summed E-state index contributed by atoms with van der Waals surface area (Å²) in [5.74, 6) is -0.724. The molecule has 0 aliphatic heterocycles. The number of benzene rings is 2. The normalized spacial score (nSPS) is 12.5. The number of anilines is 1. The summed E-state index contributed by atoms with van der Waals surface area (Å²) in [5.41, 5.74) is 1.70. The van der Waals surface area contributed by atoms with E-state index in [9.17, 15) is 27.9 Å². The number of carbonyl (C=O) groups excluding carboxylic acids is 1. The van der Waals surface area contributed by atoms with Crippen molar-refractivity contribution >= 4 is 22.6 Å². The number of fused-ring (bicyclic) bond motifs is 1. The van der Waals surface area contributed by atoms with Gasteiger partial charge in [-0.1, -0.05) is 12.1 Å². The molecule has 1 aromatic heterocycles. The van der Waals surface area contributed by atoms with Gasteiger partial charge in [-0.15, -0.1) is 0 Å². The fourth-order valence-corrected chi connectivity index (χ4v) is 3.23. The summed E-state index contributed by atoms with van der Waals surface area (Å²) in [6.45, 7) is 1.09. The number of H-pyrrole nitrogens is 1. The number of aliphatic hydroxyl groups excluding tert-OH is 2. The number of aryl methyl sites for hydroxylation is 1. The molecule has 0 radical (unpaired) electrons. The molecule has 0 fully saturated rings. The fraction of sp³-hybridized carbons (Fsp3) is 0.318. The van der Waals surface area contributed by atoms with Crippen LogP contribution in [0.1, 0.15) is 22.4 Å². The molecule has 11 heteroatoms. The number of alkyl halides is 3. The summed E-state index contributed by atoms with van der Waals surface area (Å²) in [6, 6.07) is 8.32. The van der Waals surface area contributed by atoms with Crippen molar-refractivity contribution in [2.75, 3.05) is 18.5 Å². The van der Waals surface area contributed by atoms with E-state index in [1.54, 1.807) is 25.1 Å². The summed E-state index contributed by atoms with van der Waals surface area (Å²) in [6.07, 6.45) is -5.68. The lowest BCUT2D eigenvalue weighted by Crippen LogP contribution is -2.37. The molecule has 3 rings (SSSR count). The molecule has 1 amide bonds. The quantitative estimate of drug-likeness (QED) is 0.346. The lowest BCUT2D eigenvalue weighted by molar-refractivity contribution is -0.137. The van der Waals surface area contributed by atoms with Crippen LogP contribution in [0.4, 0.5) is 18.9 Å². The molecule has 5 N–H and O–H groups in total. The highest BCUT2D eigenvalue weighted by atomic mass is 19.4. The molecule has 0 aliphatic rings. The van der Waals surface area contributed by atoms with Crippen LogP contribution in [0.15, 0.2) is 41.2 Å². The second kappa shape index (κ2) is 10.0. The largest absolute Gasteiger partial charge is 0.416 e. The minimum Gasteiger partial charge on any atom is -0.393 e. The lowest BCUT2D eigenvalue weighted by atomic mass is 10.1. The molecular formula is C22H23F3N4O4. The summed E-state index contributed by atoms with van der Waals surface area (Å²) in [4.78, 5) is 30.7. The molecular weight excluding hydrogens is 441 g/mol. The average molecular weight is 464 g/mol. The van der Waals surface area contributed by atoms with Crippen molar-refractivity contribution < 1.29 is 28.2 Å². The highest BCUT2D eigenvalue weighted by Gasteiger charge is 2.30. The molecule has 2 aromatic carbocycles. The number of carbonyl (C=O) groups is 1. The average Bonchev–Trinajstić information content (AvgIpc) is 2.77. The number of aromatic amines is 1. The number of aromatic nitrogens is 2. The summed E-state index contributed by atoms with van der Waals surface area (Å²) < 4.78 is 38.9. The molecule has 33 heavy (non-hydrogen) atoms. The molecule has 1 atom stereocenters. The number of amides is 1. The van der Waals surface area contributed by atoms with Gasteiger partial charge < -0.3 is 25.8 Å².